The summed E-state index contributed by atoms with van der Waals surface area (Å²) >= 11 is 1.41. The second-order valence-corrected chi connectivity index (χ2v) is 9.16. The summed E-state index contributed by atoms with van der Waals surface area (Å²) in [6, 6.07) is 5.16. The zero-order valence-corrected chi connectivity index (χ0v) is 19.4. The van der Waals surface area contributed by atoms with E-state index in [2.05, 4.69) is 20.7 Å². The van der Waals surface area contributed by atoms with Crippen molar-refractivity contribution in [1.82, 2.24) is 25.0 Å². The lowest BCUT2D eigenvalue weighted by Crippen LogP contribution is -2.31. The number of nitrogens with one attached hydrogen (secondary N) is 2. The zero-order valence-electron chi connectivity index (χ0n) is 18.6. The monoisotopic (exact) mass is 456 g/mol. The van der Waals surface area contributed by atoms with Crippen LogP contribution in [-0.2, 0) is 4.74 Å². The van der Waals surface area contributed by atoms with Crippen molar-refractivity contribution in [3.8, 4) is 0 Å². The number of anilines is 1. The van der Waals surface area contributed by atoms with Crippen LogP contribution in [0.1, 0.15) is 51.3 Å². The van der Waals surface area contributed by atoms with E-state index in [0.717, 1.165) is 48.3 Å². The number of aromatic nitrogens is 3. The van der Waals surface area contributed by atoms with Crippen molar-refractivity contribution in [3.05, 3.63) is 40.7 Å². The van der Waals surface area contributed by atoms with Gasteiger partial charge in [0.1, 0.15) is 10.5 Å². The van der Waals surface area contributed by atoms with Gasteiger partial charge in [0.05, 0.1) is 22.5 Å². The SMILES string of the molecule is Cc1nn(C2CCCCO2)c2sc(C(=O)Nc3ccc(C(=O)NCCN(C)C)nc3)cc12. The maximum absolute atomic E-state index is 12.8. The lowest BCUT2D eigenvalue weighted by atomic mass is 10.2. The predicted molar refractivity (Wildman–Crippen MR) is 124 cm³/mol. The van der Waals surface area contributed by atoms with Crippen molar-refractivity contribution < 1.29 is 14.3 Å². The first-order valence-corrected chi connectivity index (χ1v) is 11.5. The number of amides is 2. The van der Waals surface area contributed by atoms with E-state index < -0.39 is 0 Å². The van der Waals surface area contributed by atoms with Crippen molar-refractivity contribution in [2.75, 3.05) is 39.1 Å². The molecule has 0 bridgehead atoms. The van der Waals surface area contributed by atoms with Crippen LogP contribution in [0.2, 0.25) is 0 Å². The molecule has 32 heavy (non-hydrogen) atoms. The number of rotatable bonds is 7. The Morgan fingerprint density at radius 2 is 2.12 bits per heavy atom. The quantitative estimate of drug-likeness (QED) is 0.567. The van der Waals surface area contributed by atoms with Crippen LogP contribution in [0.5, 0.6) is 0 Å². The van der Waals surface area contributed by atoms with E-state index in [0.29, 0.717) is 22.8 Å². The van der Waals surface area contributed by atoms with Crippen LogP contribution in [0.4, 0.5) is 5.69 Å². The van der Waals surface area contributed by atoms with Crippen LogP contribution in [0.3, 0.4) is 0 Å². The van der Waals surface area contributed by atoms with E-state index in [-0.39, 0.29) is 18.0 Å². The summed E-state index contributed by atoms with van der Waals surface area (Å²) in [6.07, 6.45) is 4.53. The van der Waals surface area contributed by atoms with Crippen molar-refractivity contribution in [3.63, 3.8) is 0 Å². The lowest BCUT2D eigenvalue weighted by molar-refractivity contribution is -0.0365. The van der Waals surface area contributed by atoms with Crippen LogP contribution >= 0.6 is 11.3 Å². The summed E-state index contributed by atoms with van der Waals surface area (Å²) in [6.45, 7) is 3.97. The molecule has 1 aliphatic rings. The Morgan fingerprint density at radius 1 is 1.28 bits per heavy atom. The molecule has 0 radical (unpaired) electrons. The Hall–Kier alpha value is -2.82. The maximum atomic E-state index is 12.8. The van der Waals surface area contributed by atoms with Crippen LogP contribution in [-0.4, -0.2) is 65.3 Å². The minimum Gasteiger partial charge on any atom is -0.356 e. The molecule has 1 atom stereocenters. The van der Waals surface area contributed by atoms with Crippen molar-refractivity contribution in [2.24, 2.45) is 0 Å². The first kappa shape index (κ1) is 22.4. The number of hydrogen-bond acceptors (Lipinski definition) is 7. The number of hydrogen-bond donors (Lipinski definition) is 2. The number of fused-ring (bicyclic) bond motifs is 1. The molecule has 1 aliphatic heterocycles. The van der Waals surface area contributed by atoms with Crippen molar-refractivity contribution in [2.45, 2.75) is 32.4 Å². The fraction of sp³-hybridized carbons (Fsp3) is 0.455. The van der Waals surface area contributed by atoms with Gasteiger partial charge in [0.15, 0.2) is 6.23 Å². The fourth-order valence-electron chi connectivity index (χ4n) is 3.57. The molecule has 1 saturated heterocycles. The Balaban J connectivity index is 1.43. The molecule has 170 valence electrons. The van der Waals surface area contributed by atoms with Gasteiger partial charge in [-0.3, -0.25) is 9.59 Å². The molecule has 1 unspecified atom stereocenters. The van der Waals surface area contributed by atoms with Crippen molar-refractivity contribution in [1.29, 1.82) is 0 Å². The van der Waals surface area contributed by atoms with E-state index in [1.54, 1.807) is 12.1 Å². The van der Waals surface area contributed by atoms with Crippen LogP contribution in [0.15, 0.2) is 24.4 Å². The molecule has 3 aromatic heterocycles. The summed E-state index contributed by atoms with van der Waals surface area (Å²) in [7, 11) is 3.89. The normalized spacial score (nSPS) is 16.4. The van der Waals surface area contributed by atoms with Gasteiger partial charge in [-0.1, -0.05) is 0 Å². The predicted octanol–water partition coefficient (Wildman–Crippen LogP) is 3.04. The number of carbonyl (C=O) groups is 2. The minimum atomic E-state index is -0.237. The number of ether oxygens (including phenoxy) is 1. The zero-order chi connectivity index (χ0) is 22.7. The second-order valence-electron chi connectivity index (χ2n) is 8.13. The van der Waals surface area contributed by atoms with Gasteiger partial charge < -0.3 is 20.3 Å². The number of likely N-dealkylation sites (N-methyl/N-ethyl adjacent to an activating group) is 1. The molecule has 3 aromatic rings. The summed E-state index contributed by atoms with van der Waals surface area (Å²) in [5, 5.41) is 11.3. The Kier molecular flexibility index (Phi) is 6.83. The third-order valence-corrected chi connectivity index (χ3v) is 6.44. The van der Waals surface area contributed by atoms with E-state index >= 15 is 0 Å². The van der Waals surface area contributed by atoms with Gasteiger partial charge in [0.25, 0.3) is 11.8 Å². The first-order valence-electron chi connectivity index (χ1n) is 10.7. The molecule has 0 saturated carbocycles. The number of carbonyl (C=O) groups excluding carboxylic acids is 2. The number of thiophene rings is 1. The lowest BCUT2D eigenvalue weighted by Gasteiger charge is -2.22. The molecule has 0 aliphatic carbocycles. The largest absolute Gasteiger partial charge is 0.356 e. The van der Waals surface area contributed by atoms with Gasteiger partial charge in [0.2, 0.25) is 0 Å². The molecule has 0 aromatic carbocycles. The van der Waals surface area contributed by atoms with Gasteiger partial charge in [-0.15, -0.1) is 11.3 Å². The van der Waals surface area contributed by atoms with E-state index in [9.17, 15) is 9.59 Å². The van der Waals surface area contributed by atoms with Gasteiger partial charge in [0, 0.05) is 25.1 Å². The second kappa shape index (κ2) is 9.76. The Bertz CT molecular complexity index is 1100. The third-order valence-electron chi connectivity index (χ3n) is 5.32. The number of pyridine rings is 1. The molecule has 0 spiro atoms. The molecule has 10 heteroatoms. The molecule has 4 heterocycles. The van der Waals surface area contributed by atoms with Gasteiger partial charge in [-0.25, -0.2) is 9.67 Å². The van der Waals surface area contributed by atoms with E-state index in [1.807, 2.05) is 36.7 Å². The molecule has 9 nitrogen and oxygen atoms in total. The van der Waals surface area contributed by atoms with Gasteiger partial charge >= 0.3 is 0 Å². The van der Waals surface area contributed by atoms with Gasteiger partial charge in [-0.2, -0.15) is 5.10 Å². The van der Waals surface area contributed by atoms with Crippen LogP contribution in [0, 0.1) is 6.92 Å². The number of aryl methyl sites for hydroxylation is 1. The number of nitrogens with zero attached hydrogens (tertiary/aromatic N) is 4. The molecule has 1 fully saturated rings. The Morgan fingerprint density at radius 3 is 2.81 bits per heavy atom. The van der Waals surface area contributed by atoms with E-state index in [4.69, 9.17) is 4.74 Å². The topological polar surface area (TPSA) is 101 Å². The summed E-state index contributed by atoms with van der Waals surface area (Å²) in [4.78, 5) is 32.7. The van der Waals surface area contributed by atoms with Crippen LogP contribution in [0.25, 0.3) is 10.2 Å². The first-order chi connectivity index (χ1) is 15.4. The average Bonchev–Trinajstić information content (AvgIpc) is 3.35. The highest BCUT2D eigenvalue weighted by atomic mass is 32.1. The molecule has 4 rings (SSSR count). The minimum absolute atomic E-state index is 0.0740. The highest BCUT2D eigenvalue weighted by molar-refractivity contribution is 7.20. The Labute approximate surface area is 190 Å². The molecule has 2 amide bonds. The van der Waals surface area contributed by atoms with Gasteiger partial charge in [-0.05, 0) is 58.5 Å². The smallest absolute Gasteiger partial charge is 0.269 e. The average molecular weight is 457 g/mol. The van der Waals surface area contributed by atoms with Crippen molar-refractivity contribution >= 4 is 39.1 Å². The molecular formula is C22H28N6O3S. The standard InChI is InChI=1S/C22H28N6O3S/c1-14-16-12-18(32-22(16)28(26-14)19-6-4-5-11-31-19)21(30)25-15-7-8-17(24-13-15)20(29)23-9-10-27(2)3/h7-8,12-13,19H,4-6,9-11H2,1-3H3,(H,23,29)(H,25,30). The summed E-state index contributed by atoms with van der Waals surface area (Å²) in [5.41, 5.74) is 1.73. The summed E-state index contributed by atoms with van der Waals surface area (Å²) in [5.74, 6) is -0.453. The highest BCUT2D eigenvalue weighted by Crippen LogP contribution is 2.33. The fourth-order valence-corrected chi connectivity index (χ4v) is 4.67. The highest BCUT2D eigenvalue weighted by Gasteiger charge is 2.23. The van der Waals surface area contributed by atoms with Crippen LogP contribution < -0.4 is 10.6 Å². The molecule has 2 N–H and O–H groups in total. The summed E-state index contributed by atoms with van der Waals surface area (Å²) < 4.78 is 7.79. The van der Waals surface area contributed by atoms with E-state index in [1.165, 1.54) is 17.5 Å². The maximum Gasteiger partial charge on any atom is 0.269 e. The third kappa shape index (κ3) is 4.98. The molecular weight excluding hydrogens is 428 g/mol.